The molecule has 5 rings (SSSR count). The average Bonchev–Trinajstić information content (AvgIpc) is 3.41. The third-order valence-corrected chi connectivity index (χ3v) is 5.71. The van der Waals surface area contributed by atoms with E-state index in [1.54, 1.807) is 17.0 Å². The van der Waals surface area contributed by atoms with Crippen LogP contribution < -0.4 is 19.7 Å². The monoisotopic (exact) mass is 372 g/mol. The van der Waals surface area contributed by atoms with Gasteiger partial charge in [-0.1, -0.05) is 12.2 Å². The average molecular weight is 372 g/mol. The van der Waals surface area contributed by atoms with Crippen molar-refractivity contribution in [3.63, 3.8) is 0 Å². The highest BCUT2D eigenvalue weighted by Crippen LogP contribution is 2.53. The van der Waals surface area contributed by atoms with Crippen LogP contribution in [0.25, 0.3) is 0 Å². The SMILES string of the molecule is O=C(NCCCO)C1C2C=CC3(CN(c4ccc5c(c4)OCO5)C(=O)C13)O2. The van der Waals surface area contributed by atoms with Crippen LogP contribution >= 0.6 is 0 Å². The molecule has 1 aromatic rings. The Kier molecular flexibility index (Phi) is 3.66. The molecule has 0 aromatic heterocycles. The molecule has 2 fully saturated rings. The molecule has 1 spiro atoms. The van der Waals surface area contributed by atoms with Crippen LogP contribution in [-0.2, 0) is 14.3 Å². The molecular formula is C19H20N2O6. The maximum absolute atomic E-state index is 13.2. The van der Waals surface area contributed by atoms with Crippen LogP contribution in [0.4, 0.5) is 5.69 Å². The van der Waals surface area contributed by atoms with Crippen molar-refractivity contribution < 1.29 is 28.9 Å². The van der Waals surface area contributed by atoms with Crippen LogP contribution in [0.3, 0.4) is 0 Å². The first-order chi connectivity index (χ1) is 13.1. The molecule has 0 saturated carbocycles. The van der Waals surface area contributed by atoms with Crippen molar-refractivity contribution >= 4 is 17.5 Å². The van der Waals surface area contributed by atoms with Crippen molar-refractivity contribution in [3.8, 4) is 11.5 Å². The Labute approximate surface area is 155 Å². The van der Waals surface area contributed by atoms with Gasteiger partial charge in [-0.3, -0.25) is 9.59 Å². The van der Waals surface area contributed by atoms with E-state index in [-0.39, 0.29) is 31.3 Å². The maximum Gasteiger partial charge on any atom is 0.234 e. The van der Waals surface area contributed by atoms with Crippen LogP contribution in [0.2, 0.25) is 0 Å². The summed E-state index contributed by atoms with van der Waals surface area (Å²) in [6.45, 7) is 0.920. The lowest BCUT2D eigenvalue weighted by Crippen LogP contribution is -2.44. The standard InChI is InChI=1S/C19H20N2O6/c22-7-1-6-20-17(23)15-13-4-5-19(27-13)9-21(18(24)16(15)19)11-2-3-12-14(8-11)26-10-25-12/h2-5,8,13,15-16,22H,1,6-7,9-10H2,(H,20,23). The minimum atomic E-state index is -0.767. The molecule has 2 saturated heterocycles. The summed E-state index contributed by atoms with van der Waals surface area (Å²) in [5.41, 5.74) is -0.0650. The minimum absolute atomic E-state index is 0.00890. The summed E-state index contributed by atoms with van der Waals surface area (Å²) in [5, 5.41) is 11.7. The summed E-state index contributed by atoms with van der Waals surface area (Å²) in [4.78, 5) is 27.6. The van der Waals surface area contributed by atoms with E-state index < -0.39 is 17.4 Å². The molecule has 8 nitrogen and oxygen atoms in total. The van der Waals surface area contributed by atoms with Gasteiger partial charge in [0.15, 0.2) is 11.5 Å². The van der Waals surface area contributed by atoms with Crippen molar-refractivity contribution in [2.45, 2.75) is 18.1 Å². The molecule has 4 unspecified atom stereocenters. The van der Waals surface area contributed by atoms with Gasteiger partial charge in [-0.05, 0) is 18.6 Å². The highest BCUT2D eigenvalue weighted by molar-refractivity contribution is 6.03. The summed E-state index contributed by atoms with van der Waals surface area (Å²) in [6, 6.07) is 5.38. The van der Waals surface area contributed by atoms with Crippen LogP contribution in [0.15, 0.2) is 30.4 Å². The van der Waals surface area contributed by atoms with E-state index >= 15 is 0 Å². The normalized spacial score (nSPS) is 32.3. The van der Waals surface area contributed by atoms with Gasteiger partial charge in [0.05, 0.1) is 24.5 Å². The van der Waals surface area contributed by atoms with Gasteiger partial charge in [-0.2, -0.15) is 0 Å². The van der Waals surface area contributed by atoms with Gasteiger partial charge in [0.2, 0.25) is 18.6 Å². The Hall–Kier alpha value is -2.58. The first-order valence-electron chi connectivity index (χ1n) is 9.10. The molecule has 27 heavy (non-hydrogen) atoms. The first kappa shape index (κ1) is 16.6. The van der Waals surface area contributed by atoms with Crippen molar-refractivity contribution in [3.05, 3.63) is 30.4 Å². The van der Waals surface area contributed by atoms with Crippen LogP contribution in [-0.4, -0.2) is 55.1 Å². The maximum atomic E-state index is 13.2. The van der Waals surface area contributed by atoms with Gasteiger partial charge in [-0.25, -0.2) is 0 Å². The van der Waals surface area contributed by atoms with Gasteiger partial charge in [0.25, 0.3) is 0 Å². The van der Waals surface area contributed by atoms with Crippen molar-refractivity contribution in [2.75, 3.05) is 31.4 Å². The number of anilines is 1. The van der Waals surface area contributed by atoms with E-state index in [0.717, 1.165) is 0 Å². The second-order valence-corrected chi connectivity index (χ2v) is 7.23. The highest BCUT2D eigenvalue weighted by atomic mass is 16.7. The molecule has 1 aromatic carbocycles. The van der Waals surface area contributed by atoms with E-state index in [4.69, 9.17) is 19.3 Å². The summed E-state index contributed by atoms with van der Waals surface area (Å²) >= 11 is 0. The van der Waals surface area contributed by atoms with Crippen LogP contribution in [0, 0.1) is 11.8 Å². The molecular weight excluding hydrogens is 352 g/mol. The van der Waals surface area contributed by atoms with E-state index in [1.807, 2.05) is 18.2 Å². The number of nitrogens with zero attached hydrogens (tertiary/aromatic N) is 1. The number of rotatable bonds is 5. The zero-order valence-electron chi connectivity index (χ0n) is 14.6. The lowest BCUT2D eigenvalue weighted by Gasteiger charge is -2.23. The molecule has 0 radical (unpaired) electrons. The second kappa shape index (κ2) is 5.97. The minimum Gasteiger partial charge on any atom is -0.454 e. The number of carbonyl (C=O) groups is 2. The van der Waals surface area contributed by atoms with E-state index in [2.05, 4.69) is 5.32 Å². The van der Waals surface area contributed by atoms with Gasteiger partial charge in [-0.15, -0.1) is 0 Å². The van der Waals surface area contributed by atoms with Crippen molar-refractivity contribution in [2.24, 2.45) is 11.8 Å². The zero-order chi connectivity index (χ0) is 18.6. The third kappa shape index (κ3) is 2.36. The zero-order valence-corrected chi connectivity index (χ0v) is 14.6. The summed E-state index contributed by atoms with van der Waals surface area (Å²) in [6.07, 6.45) is 3.90. The Bertz CT molecular complexity index is 839. The molecule has 0 aliphatic carbocycles. The number of amides is 2. The Morgan fingerprint density at radius 2 is 2.19 bits per heavy atom. The lowest BCUT2D eigenvalue weighted by molar-refractivity contribution is -0.131. The topological polar surface area (TPSA) is 97.3 Å². The van der Waals surface area contributed by atoms with Gasteiger partial charge < -0.3 is 29.5 Å². The number of ether oxygens (including phenoxy) is 3. The molecule has 2 amide bonds. The van der Waals surface area contributed by atoms with Crippen molar-refractivity contribution in [1.29, 1.82) is 0 Å². The smallest absolute Gasteiger partial charge is 0.234 e. The fourth-order valence-electron chi connectivity index (χ4n) is 4.48. The van der Waals surface area contributed by atoms with E-state index in [9.17, 15) is 9.59 Å². The number of hydrogen-bond donors (Lipinski definition) is 2. The number of fused-ring (bicyclic) bond motifs is 2. The molecule has 2 N–H and O–H groups in total. The second-order valence-electron chi connectivity index (χ2n) is 7.23. The molecule has 4 atom stereocenters. The van der Waals surface area contributed by atoms with E-state index in [0.29, 0.717) is 36.7 Å². The number of nitrogens with one attached hydrogen (secondary N) is 1. The Morgan fingerprint density at radius 1 is 1.33 bits per heavy atom. The predicted molar refractivity (Wildman–Crippen MR) is 93.4 cm³/mol. The molecule has 4 heterocycles. The predicted octanol–water partition coefficient (Wildman–Crippen LogP) is 0.200. The molecule has 8 heteroatoms. The fraction of sp³-hybridized carbons (Fsp3) is 0.474. The number of benzene rings is 1. The largest absolute Gasteiger partial charge is 0.454 e. The highest BCUT2D eigenvalue weighted by Gasteiger charge is 2.67. The van der Waals surface area contributed by atoms with Gasteiger partial charge in [0, 0.05) is 24.9 Å². The summed E-state index contributed by atoms with van der Waals surface area (Å²) in [5.74, 6) is -0.170. The quantitative estimate of drug-likeness (QED) is 0.566. The summed E-state index contributed by atoms with van der Waals surface area (Å²) < 4.78 is 16.8. The molecule has 4 aliphatic rings. The first-order valence-corrected chi connectivity index (χ1v) is 9.10. The van der Waals surface area contributed by atoms with Gasteiger partial charge >= 0.3 is 0 Å². The van der Waals surface area contributed by atoms with E-state index in [1.165, 1.54) is 0 Å². The Morgan fingerprint density at radius 3 is 3.04 bits per heavy atom. The van der Waals surface area contributed by atoms with Crippen LogP contribution in [0.1, 0.15) is 6.42 Å². The third-order valence-electron chi connectivity index (χ3n) is 5.71. The number of aliphatic hydroxyl groups excluding tert-OH is 1. The number of carbonyl (C=O) groups excluding carboxylic acids is 2. The number of aliphatic hydroxyl groups is 1. The lowest BCUT2D eigenvalue weighted by atomic mass is 9.77. The molecule has 2 bridgehead atoms. The van der Waals surface area contributed by atoms with Gasteiger partial charge in [0.1, 0.15) is 5.60 Å². The molecule has 4 aliphatic heterocycles. The Balaban J connectivity index is 1.42. The molecule has 142 valence electrons. The number of hydrogen-bond acceptors (Lipinski definition) is 6. The summed E-state index contributed by atoms with van der Waals surface area (Å²) in [7, 11) is 0. The van der Waals surface area contributed by atoms with Crippen LogP contribution in [0.5, 0.6) is 11.5 Å². The fourth-order valence-corrected chi connectivity index (χ4v) is 4.48. The van der Waals surface area contributed by atoms with Crippen molar-refractivity contribution in [1.82, 2.24) is 5.32 Å².